The lowest BCUT2D eigenvalue weighted by Crippen LogP contribution is -2.29. The standard InChI is InChI=1S/C16H23NO2/c18-9-2-4-15-3-1-8-17(15)12-13-5-6-16-14(11-13)7-10-19-16/h5-6,11,15,18H,1-4,7-10,12H2. The maximum atomic E-state index is 8.98. The molecule has 1 N–H and O–H groups in total. The molecule has 0 bridgehead atoms. The average Bonchev–Trinajstić information content (AvgIpc) is 3.05. The molecule has 0 saturated carbocycles. The molecule has 2 heterocycles. The monoisotopic (exact) mass is 261 g/mol. The third-order valence-corrected chi connectivity index (χ3v) is 4.33. The number of fused-ring (bicyclic) bond motifs is 1. The van der Waals surface area contributed by atoms with Crippen LogP contribution in [0, 0.1) is 0 Å². The lowest BCUT2D eigenvalue weighted by molar-refractivity contribution is 0.210. The van der Waals surface area contributed by atoms with Gasteiger partial charge in [0.1, 0.15) is 5.75 Å². The molecule has 1 unspecified atom stereocenters. The summed E-state index contributed by atoms with van der Waals surface area (Å²) in [6, 6.07) is 7.29. The minimum Gasteiger partial charge on any atom is -0.493 e. The number of rotatable bonds is 5. The van der Waals surface area contributed by atoms with Gasteiger partial charge in [-0.1, -0.05) is 12.1 Å². The number of hydrogen-bond acceptors (Lipinski definition) is 3. The minimum absolute atomic E-state index is 0.320. The van der Waals surface area contributed by atoms with Gasteiger partial charge in [-0.25, -0.2) is 0 Å². The summed E-state index contributed by atoms with van der Waals surface area (Å²) in [4.78, 5) is 2.58. The van der Waals surface area contributed by atoms with E-state index in [9.17, 15) is 0 Å². The molecule has 1 fully saturated rings. The number of likely N-dealkylation sites (tertiary alicyclic amines) is 1. The topological polar surface area (TPSA) is 32.7 Å². The van der Waals surface area contributed by atoms with Crippen molar-refractivity contribution < 1.29 is 9.84 Å². The summed E-state index contributed by atoms with van der Waals surface area (Å²) in [5.74, 6) is 1.07. The van der Waals surface area contributed by atoms with Crippen LogP contribution in [0.1, 0.15) is 36.8 Å². The number of benzene rings is 1. The van der Waals surface area contributed by atoms with Gasteiger partial charge in [-0.3, -0.25) is 4.90 Å². The fourth-order valence-electron chi connectivity index (χ4n) is 3.33. The molecule has 2 aliphatic rings. The van der Waals surface area contributed by atoms with Gasteiger partial charge in [0.2, 0.25) is 0 Å². The van der Waals surface area contributed by atoms with E-state index in [1.807, 2.05) is 0 Å². The van der Waals surface area contributed by atoms with Gasteiger partial charge in [-0.2, -0.15) is 0 Å². The second-order valence-corrected chi connectivity index (χ2v) is 5.67. The SMILES string of the molecule is OCCCC1CCCN1Cc1ccc2c(c1)CCO2. The van der Waals surface area contributed by atoms with Crippen molar-refractivity contribution in [3.8, 4) is 5.75 Å². The lowest BCUT2D eigenvalue weighted by atomic mass is 10.1. The quantitative estimate of drug-likeness (QED) is 0.883. The smallest absolute Gasteiger partial charge is 0.122 e. The summed E-state index contributed by atoms with van der Waals surface area (Å²) in [5.41, 5.74) is 2.77. The number of aliphatic hydroxyl groups is 1. The van der Waals surface area contributed by atoms with E-state index in [1.54, 1.807) is 0 Å². The molecule has 0 spiro atoms. The van der Waals surface area contributed by atoms with Crippen molar-refractivity contribution >= 4 is 0 Å². The van der Waals surface area contributed by atoms with Gasteiger partial charge in [-0.05, 0) is 49.4 Å². The predicted molar refractivity (Wildman–Crippen MR) is 75.4 cm³/mol. The van der Waals surface area contributed by atoms with Crippen LogP contribution in [0.25, 0.3) is 0 Å². The van der Waals surface area contributed by atoms with Crippen LogP contribution in [-0.4, -0.2) is 35.8 Å². The molecule has 3 rings (SSSR count). The van der Waals surface area contributed by atoms with E-state index >= 15 is 0 Å². The first-order chi connectivity index (χ1) is 9.36. The third kappa shape index (κ3) is 2.93. The number of nitrogens with zero attached hydrogens (tertiary/aromatic N) is 1. The fraction of sp³-hybridized carbons (Fsp3) is 0.625. The third-order valence-electron chi connectivity index (χ3n) is 4.33. The summed E-state index contributed by atoms with van der Waals surface area (Å²) in [7, 11) is 0. The summed E-state index contributed by atoms with van der Waals surface area (Å²) in [5, 5.41) is 8.98. The van der Waals surface area contributed by atoms with E-state index in [-0.39, 0.29) is 0 Å². The summed E-state index contributed by atoms with van der Waals surface area (Å²) < 4.78 is 5.56. The Balaban J connectivity index is 1.64. The molecular formula is C16H23NO2. The maximum absolute atomic E-state index is 8.98. The second-order valence-electron chi connectivity index (χ2n) is 5.67. The second kappa shape index (κ2) is 5.93. The van der Waals surface area contributed by atoms with Crippen LogP contribution in [0.15, 0.2) is 18.2 Å². The lowest BCUT2D eigenvalue weighted by Gasteiger charge is -2.24. The Morgan fingerprint density at radius 2 is 2.32 bits per heavy atom. The minimum atomic E-state index is 0.320. The number of hydrogen-bond donors (Lipinski definition) is 1. The van der Waals surface area contributed by atoms with Crippen molar-refractivity contribution in [3.05, 3.63) is 29.3 Å². The van der Waals surface area contributed by atoms with Gasteiger partial charge < -0.3 is 9.84 Å². The van der Waals surface area contributed by atoms with Crippen LogP contribution in [-0.2, 0) is 13.0 Å². The molecule has 0 radical (unpaired) electrons. The van der Waals surface area contributed by atoms with Crippen LogP contribution in [0.5, 0.6) is 5.75 Å². The Bertz CT molecular complexity index is 433. The zero-order chi connectivity index (χ0) is 13.1. The largest absolute Gasteiger partial charge is 0.493 e. The van der Waals surface area contributed by atoms with Gasteiger partial charge in [0, 0.05) is 25.6 Å². The zero-order valence-corrected chi connectivity index (χ0v) is 11.5. The molecule has 3 heteroatoms. The van der Waals surface area contributed by atoms with E-state index in [4.69, 9.17) is 9.84 Å². The summed E-state index contributed by atoms with van der Waals surface area (Å²) in [6.07, 6.45) is 5.69. The molecule has 19 heavy (non-hydrogen) atoms. The van der Waals surface area contributed by atoms with E-state index in [0.717, 1.165) is 38.2 Å². The molecule has 0 amide bonds. The van der Waals surface area contributed by atoms with Crippen molar-refractivity contribution in [1.82, 2.24) is 4.90 Å². The van der Waals surface area contributed by atoms with Crippen molar-refractivity contribution in [2.75, 3.05) is 19.8 Å². The highest BCUT2D eigenvalue weighted by molar-refractivity contribution is 5.39. The molecule has 1 atom stereocenters. The number of ether oxygens (including phenoxy) is 1. The molecule has 2 aliphatic heterocycles. The molecular weight excluding hydrogens is 238 g/mol. The first-order valence-electron chi connectivity index (χ1n) is 7.46. The van der Waals surface area contributed by atoms with E-state index in [1.165, 1.54) is 30.5 Å². The maximum Gasteiger partial charge on any atom is 0.122 e. The van der Waals surface area contributed by atoms with Gasteiger partial charge in [0.15, 0.2) is 0 Å². The highest BCUT2D eigenvalue weighted by Gasteiger charge is 2.24. The van der Waals surface area contributed by atoms with Gasteiger partial charge in [0.25, 0.3) is 0 Å². The number of aliphatic hydroxyl groups excluding tert-OH is 1. The first kappa shape index (κ1) is 12.9. The van der Waals surface area contributed by atoms with Crippen LogP contribution in [0.3, 0.4) is 0 Å². The molecule has 1 aromatic carbocycles. The van der Waals surface area contributed by atoms with Crippen molar-refractivity contribution in [2.45, 2.75) is 44.7 Å². The van der Waals surface area contributed by atoms with Crippen LogP contribution in [0.4, 0.5) is 0 Å². The average molecular weight is 261 g/mol. The first-order valence-corrected chi connectivity index (χ1v) is 7.46. The predicted octanol–water partition coefficient (Wildman–Crippen LogP) is 2.36. The Kier molecular flexibility index (Phi) is 4.04. The van der Waals surface area contributed by atoms with E-state index in [2.05, 4.69) is 23.1 Å². The van der Waals surface area contributed by atoms with Crippen LogP contribution in [0.2, 0.25) is 0 Å². The van der Waals surface area contributed by atoms with E-state index in [0.29, 0.717) is 12.6 Å². The Morgan fingerprint density at radius 3 is 3.21 bits per heavy atom. The fourth-order valence-corrected chi connectivity index (χ4v) is 3.33. The normalized spacial score (nSPS) is 22.5. The molecule has 3 nitrogen and oxygen atoms in total. The Hall–Kier alpha value is -1.06. The van der Waals surface area contributed by atoms with Crippen molar-refractivity contribution in [3.63, 3.8) is 0 Å². The highest BCUT2D eigenvalue weighted by Crippen LogP contribution is 2.28. The Labute approximate surface area is 115 Å². The molecule has 0 aromatic heterocycles. The van der Waals surface area contributed by atoms with Crippen LogP contribution >= 0.6 is 0 Å². The van der Waals surface area contributed by atoms with Gasteiger partial charge in [0.05, 0.1) is 6.61 Å². The van der Waals surface area contributed by atoms with Crippen LogP contribution < -0.4 is 4.74 Å². The Morgan fingerprint density at radius 1 is 1.37 bits per heavy atom. The highest BCUT2D eigenvalue weighted by atomic mass is 16.5. The van der Waals surface area contributed by atoms with Crippen molar-refractivity contribution in [2.24, 2.45) is 0 Å². The molecule has 104 valence electrons. The molecule has 0 aliphatic carbocycles. The summed E-state index contributed by atoms with van der Waals surface area (Å²) >= 11 is 0. The summed E-state index contributed by atoms with van der Waals surface area (Å²) in [6.45, 7) is 3.40. The van der Waals surface area contributed by atoms with E-state index < -0.39 is 0 Å². The van der Waals surface area contributed by atoms with Gasteiger partial charge in [-0.15, -0.1) is 0 Å². The zero-order valence-electron chi connectivity index (χ0n) is 11.5. The molecule has 1 saturated heterocycles. The van der Waals surface area contributed by atoms with Gasteiger partial charge >= 0.3 is 0 Å². The van der Waals surface area contributed by atoms with Crippen molar-refractivity contribution in [1.29, 1.82) is 0 Å². The molecule has 1 aromatic rings.